The molecule has 144 valence electrons. The van der Waals surface area contributed by atoms with Crippen LogP contribution in [0.5, 0.6) is 0 Å². The summed E-state index contributed by atoms with van der Waals surface area (Å²) in [6, 6.07) is 5.65. The molecule has 1 aliphatic heterocycles. The van der Waals surface area contributed by atoms with Gasteiger partial charge in [-0.05, 0) is 24.3 Å². The molecule has 11 heteroatoms. The molecule has 0 unspecified atom stereocenters. The third-order valence-corrected chi connectivity index (χ3v) is 4.99. The van der Waals surface area contributed by atoms with E-state index in [1.54, 1.807) is 29.2 Å². The van der Waals surface area contributed by atoms with Gasteiger partial charge in [-0.1, -0.05) is 0 Å². The number of nitrogens with two attached hydrogens (primary N) is 1. The van der Waals surface area contributed by atoms with Gasteiger partial charge in [-0.15, -0.1) is 0 Å². The standard InChI is InChI=1S/C15H22N3O7P/c1-22-26(21,23-2)25-9-13(16)15(20)17-11-3-5-12(6-4-11)18-7-8-24-10-14(18)19/h3-6,13H,7-10,16H2,1-2H3,(H,17,20)/t13-/m0/s1. The Bertz CT molecular complexity index is 674. The van der Waals surface area contributed by atoms with E-state index < -0.39 is 19.8 Å². The number of hydrogen-bond acceptors (Lipinski definition) is 8. The number of ether oxygens (including phenoxy) is 1. The summed E-state index contributed by atoms with van der Waals surface area (Å²) >= 11 is 0. The Kier molecular flexibility index (Phi) is 7.27. The van der Waals surface area contributed by atoms with E-state index in [0.717, 1.165) is 14.2 Å². The van der Waals surface area contributed by atoms with Gasteiger partial charge in [0.15, 0.2) is 0 Å². The number of nitrogens with one attached hydrogen (secondary N) is 1. The lowest BCUT2D eigenvalue weighted by atomic mass is 10.2. The second-order valence-electron chi connectivity index (χ2n) is 5.35. The van der Waals surface area contributed by atoms with Crippen molar-refractivity contribution >= 4 is 31.0 Å². The lowest BCUT2D eigenvalue weighted by Gasteiger charge is -2.27. The lowest BCUT2D eigenvalue weighted by molar-refractivity contribution is -0.125. The summed E-state index contributed by atoms with van der Waals surface area (Å²) in [7, 11) is -1.37. The second kappa shape index (κ2) is 9.22. The fourth-order valence-corrected chi connectivity index (χ4v) is 2.88. The molecule has 26 heavy (non-hydrogen) atoms. The maximum Gasteiger partial charge on any atom is 0.474 e. The largest absolute Gasteiger partial charge is 0.474 e. The molecule has 1 aliphatic rings. The van der Waals surface area contributed by atoms with Crippen molar-refractivity contribution in [1.82, 2.24) is 0 Å². The number of anilines is 2. The second-order valence-corrected chi connectivity index (χ2v) is 7.23. The molecular weight excluding hydrogens is 365 g/mol. The summed E-state index contributed by atoms with van der Waals surface area (Å²) in [5.41, 5.74) is 6.92. The zero-order valence-electron chi connectivity index (χ0n) is 14.5. The maximum absolute atomic E-state index is 12.1. The molecule has 1 aromatic rings. The van der Waals surface area contributed by atoms with Crippen LogP contribution in [0.4, 0.5) is 11.4 Å². The Hall–Kier alpha value is -1.81. The molecule has 2 amide bonds. The number of amides is 2. The summed E-state index contributed by atoms with van der Waals surface area (Å²) in [4.78, 5) is 25.5. The first-order chi connectivity index (χ1) is 12.4. The van der Waals surface area contributed by atoms with Gasteiger partial charge in [0.05, 0.1) is 13.2 Å². The minimum absolute atomic E-state index is 0.0557. The number of phosphoric ester groups is 1. The third kappa shape index (κ3) is 5.34. The summed E-state index contributed by atoms with van der Waals surface area (Å²) in [6.07, 6.45) is 0. The van der Waals surface area contributed by atoms with Crippen LogP contribution in [-0.2, 0) is 32.5 Å². The zero-order chi connectivity index (χ0) is 19.2. The molecule has 10 nitrogen and oxygen atoms in total. The number of rotatable bonds is 8. The first kappa shape index (κ1) is 20.5. The molecular formula is C15H22N3O7P. The number of morpholine rings is 1. The van der Waals surface area contributed by atoms with Crippen molar-refractivity contribution in [3.05, 3.63) is 24.3 Å². The predicted molar refractivity (Wildman–Crippen MR) is 93.8 cm³/mol. The van der Waals surface area contributed by atoms with Crippen molar-refractivity contribution in [3.8, 4) is 0 Å². The molecule has 1 atom stereocenters. The first-order valence-corrected chi connectivity index (χ1v) is 9.25. The highest BCUT2D eigenvalue weighted by Gasteiger charge is 2.26. The molecule has 1 aromatic carbocycles. The average molecular weight is 387 g/mol. The molecule has 0 bridgehead atoms. The summed E-state index contributed by atoms with van der Waals surface area (Å²) in [5, 5.41) is 2.61. The Morgan fingerprint density at radius 3 is 2.58 bits per heavy atom. The molecule has 1 heterocycles. The van der Waals surface area contributed by atoms with Crippen molar-refractivity contribution in [1.29, 1.82) is 0 Å². The Morgan fingerprint density at radius 1 is 1.35 bits per heavy atom. The van der Waals surface area contributed by atoms with E-state index >= 15 is 0 Å². The van der Waals surface area contributed by atoms with Gasteiger partial charge in [0, 0.05) is 32.1 Å². The van der Waals surface area contributed by atoms with Gasteiger partial charge in [-0.25, -0.2) is 4.57 Å². The molecule has 0 spiro atoms. The molecule has 0 radical (unpaired) electrons. The van der Waals surface area contributed by atoms with Crippen LogP contribution in [-0.4, -0.2) is 58.4 Å². The van der Waals surface area contributed by atoms with Crippen LogP contribution in [0.25, 0.3) is 0 Å². The van der Waals surface area contributed by atoms with Crippen molar-refractivity contribution in [3.63, 3.8) is 0 Å². The van der Waals surface area contributed by atoms with Crippen molar-refractivity contribution < 1.29 is 32.5 Å². The van der Waals surface area contributed by atoms with E-state index in [9.17, 15) is 14.2 Å². The molecule has 1 saturated heterocycles. The molecule has 0 aromatic heterocycles. The van der Waals surface area contributed by atoms with Crippen LogP contribution >= 0.6 is 7.82 Å². The molecule has 1 fully saturated rings. The van der Waals surface area contributed by atoms with Crippen molar-refractivity contribution in [2.75, 3.05) is 50.8 Å². The predicted octanol–water partition coefficient (Wildman–Crippen LogP) is 0.733. The highest BCUT2D eigenvalue weighted by molar-refractivity contribution is 7.48. The Labute approximate surface area is 151 Å². The minimum Gasteiger partial charge on any atom is -0.370 e. The van der Waals surface area contributed by atoms with Gasteiger partial charge in [-0.2, -0.15) is 0 Å². The quantitative estimate of drug-likeness (QED) is 0.625. The Morgan fingerprint density at radius 2 is 2.00 bits per heavy atom. The average Bonchev–Trinajstić information content (AvgIpc) is 2.67. The SMILES string of the molecule is COP(=O)(OC)OC[C@H](N)C(=O)Nc1ccc(N2CCOCC2=O)cc1. The van der Waals surface area contributed by atoms with E-state index in [1.165, 1.54) is 0 Å². The van der Waals surface area contributed by atoms with Gasteiger partial charge in [-0.3, -0.25) is 23.2 Å². The van der Waals surface area contributed by atoms with Gasteiger partial charge in [0.25, 0.3) is 5.91 Å². The van der Waals surface area contributed by atoms with Crippen LogP contribution in [0.3, 0.4) is 0 Å². The smallest absolute Gasteiger partial charge is 0.370 e. The third-order valence-electron chi connectivity index (χ3n) is 3.63. The molecule has 2 rings (SSSR count). The summed E-state index contributed by atoms with van der Waals surface area (Å²) in [6.45, 7) is 0.670. The summed E-state index contributed by atoms with van der Waals surface area (Å²) in [5.74, 6) is -0.646. The zero-order valence-corrected chi connectivity index (χ0v) is 15.4. The number of hydrogen-bond donors (Lipinski definition) is 2. The van der Waals surface area contributed by atoms with Crippen molar-refractivity contribution in [2.45, 2.75) is 6.04 Å². The summed E-state index contributed by atoms with van der Waals surface area (Å²) < 4.78 is 31.0. The van der Waals surface area contributed by atoms with Gasteiger partial charge in [0.1, 0.15) is 12.6 Å². The van der Waals surface area contributed by atoms with Crippen LogP contribution in [0.2, 0.25) is 0 Å². The van der Waals surface area contributed by atoms with Gasteiger partial charge >= 0.3 is 7.82 Å². The van der Waals surface area contributed by atoms with Crippen LogP contribution < -0.4 is 16.0 Å². The molecule has 0 aliphatic carbocycles. The lowest BCUT2D eigenvalue weighted by Crippen LogP contribution is -2.41. The van der Waals surface area contributed by atoms with Gasteiger partial charge < -0.3 is 20.7 Å². The fourth-order valence-electron chi connectivity index (χ4n) is 2.18. The topological polar surface area (TPSA) is 129 Å². The fraction of sp³-hybridized carbons (Fsp3) is 0.467. The number of benzene rings is 1. The van der Waals surface area contributed by atoms with Gasteiger partial charge in [0.2, 0.25) is 5.91 Å². The Balaban J connectivity index is 1.90. The molecule has 3 N–H and O–H groups in total. The van der Waals surface area contributed by atoms with E-state index in [-0.39, 0.29) is 19.1 Å². The minimum atomic E-state index is -3.69. The monoisotopic (exact) mass is 387 g/mol. The number of phosphoric acid groups is 1. The van der Waals surface area contributed by atoms with E-state index in [0.29, 0.717) is 24.5 Å². The first-order valence-electron chi connectivity index (χ1n) is 7.79. The molecule has 0 saturated carbocycles. The number of carbonyl (C=O) groups is 2. The van der Waals surface area contributed by atoms with Crippen LogP contribution in [0, 0.1) is 0 Å². The van der Waals surface area contributed by atoms with E-state index in [4.69, 9.17) is 15.0 Å². The van der Waals surface area contributed by atoms with Crippen LogP contribution in [0.15, 0.2) is 24.3 Å². The van der Waals surface area contributed by atoms with E-state index in [2.05, 4.69) is 14.4 Å². The van der Waals surface area contributed by atoms with Crippen molar-refractivity contribution in [2.24, 2.45) is 5.73 Å². The number of nitrogens with zero attached hydrogens (tertiary/aromatic N) is 1. The highest BCUT2D eigenvalue weighted by atomic mass is 31.2. The number of carbonyl (C=O) groups excluding carboxylic acids is 2. The highest BCUT2D eigenvalue weighted by Crippen LogP contribution is 2.47. The van der Waals surface area contributed by atoms with E-state index in [1.807, 2.05) is 0 Å². The van der Waals surface area contributed by atoms with Crippen LogP contribution in [0.1, 0.15) is 0 Å². The normalized spacial score (nSPS) is 16.4. The maximum atomic E-state index is 12.1.